The van der Waals surface area contributed by atoms with E-state index >= 15 is 0 Å². The van der Waals surface area contributed by atoms with E-state index in [4.69, 9.17) is 5.73 Å². The second-order valence-corrected chi connectivity index (χ2v) is 8.09. The van der Waals surface area contributed by atoms with Crippen molar-refractivity contribution in [2.45, 2.75) is 30.5 Å². The molecule has 7 heteroatoms. The number of hydrogen-bond donors (Lipinski definition) is 1. The number of nitrogens with two attached hydrogens (primary N) is 1. The largest absolute Gasteiger partial charge is 0.328 e. The van der Waals surface area contributed by atoms with E-state index in [1.807, 2.05) is 19.9 Å². The van der Waals surface area contributed by atoms with Crippen LogP contribution in [0.3, 0.4) is 0 Å². The molecule has 2 rings (SSSR count). The van der Waals surface area contributed by atoms with E-state index in [0.29, 0.717) is 17.3 Å². The van der Waals surface area contributed by atoms with Gasteiger partial charge in [-0.05, 0) is 38.3 Å². The minimum atomic E-state index is -3.29. The van der Waals surface area contributed by atoms with Gasteiger partial charge in [-0.3, -0.25) is 0 Å². The van der Waals surface area contributed by atoms with Gasteiger partial charge in [-0.15, -0.1) is 23.7 Å². The van der Waals surface area contributed by atoms with Crippen LogP contribution in [-0.4, -0.2) is 31.9 Å². The summed E-state index contributed by atoms with van der Waals surface area (Å²) in [5.74, 6) is 0.283. The summed E-state index contributed by atoms with van der Waals surface area (Å²) in [6.45, 7) is 5.00. The average Bonchev–Trinajstić information content (AvgIpc) is 2.85. The third-order valence-electron chi connectivity index (χ3n) is 3.24. The maximum Gasteiger partial charge on any atom is 0.252 e. The van der Waals surface area contributed by atoms with Gasteiger partial charge in [0.1, 0.15) is 4.21 Å². The summed E-state index contributed by atoms with van der Waals surface area (Å²) in [5.41, 5.74) is 5.83. The van der Waals surface area contributed by atoms with Crippen molar-refractivity contribution < 1.29 is 8.42 Å². The minimum Gasteiger partial charge on any atom is -0.328 e. The summed E-state index contributed by atoms with van der Waals surface area (Å²) in [7, 11) is -3.29. The van der Waals surface area contributed by atoms with Gasteiger partial charge in [0.25, 0.3) is 10.0 Å². The first-order valence-electron chi connectivity index (χ1n) is 5.73. The predicted molar refractivity (Wildman–Crippen MR) is 76.8 cm³/mol. The highest BCUT2D eigenvalue weighted by molar-refractivity contribution is 7.91. The smallest absolute Gasteiger partial charge is 0.252 e. The van der Waals surface area contributed by atoms with Crippen molar-refractivity contribution in [1.29, 1.82) is 0 Å². The van der Waals surface area contributed by atoms with Gasteiger partial charge < -0.3 is 5.73 Å². The Hall–Kier alpha value is -0.140. The summed E-state index contributed by atoms with van der Waals surface area (Å²) >= 11 is 1.33. The number of rotatable bonds is 3. The molecule has 2 unspecified atom stereocenters. The van der Waals surface area contributed by atoms with Crippen LogP contribution in [0.4, 0.5) is 0 Å². The highest BCUT2D eigenvalue weighted by Crippen LogP contribution is 2.29. The molecule has 2 N–H and O–H groups in total. The molecular weight excluding hydrogens is 292 g/mol. The van der Waals surface area contributed by atoms with Crippen LogP contribution in [0, 0.1) is 12.8 Å². The molecule has 0 radical (unpaired) electrons. The van der Waals surface area contributed by atoms with Crippen LogP contribution in [0.1, 0.15) is 18.2 Å². The molecule has 1 aromatic rings. The summed E-state index contributed by atoms with van der Waals surface area (Å²) in [4.78, 5) is 1.02. The lowest BCUT2D eigenvalue weighted by molar-refractivity contribution is 0.430. The Balaban J connectivity index is 0.00000162. The van der Waals surface area contributed by atoms with Gasteiger partial charge in [-0.25, -0.2) is 8.42 Å². The maximum atomic E-state index is 12.3. The second kappa shape index (κ2) is 5.88. The van der Waals surface area contributed by atoms with E-state index in [1.54, 1.807) is 10.4 Å². The van der Waals surface area contributed by atoms with Gasteiger partial charge in [0.05, 0.1) is 0 Å². The number of nitrogens with zero attached hydrogens (tertiary/aromatic N) is 1. The first-order chi connectivity index (χ1) is 7.91. The first-order valence-corrected chi connectivity index (χ1v) is 7.99. The quantitative estimate of drug-likeness (QED) is 0.926. The number of halogens is 1. The van der Waals surface area contributed by atoms with Gasteiger partial charge in [0.15, 0.2) is 0 Å². The Bertz CT molecular complexity index is 499. The Morgan fingerprint density at radius 3 is 2.61 bits per heavy atom. The molecule has 1 aliphatic rings. The SMILES string of the molecule is Cc1ccc(S(=O)(=O)N2CCC(C(C)N)C2)s1.Cl. The third-order valence-corrected chi connectivity index (χ3v) is 6.57. The molecule has 2 atom stereocenters. The van der Waals surface area contributed by atoms with E-state index in [-0.39, 0.29) is 24.4 Å². The van der Waals surface area contributed by atoms with E-state index < -0.39 is 10.0 Å². The van der Waals surface area contributed by atoms with Crippen molar-refractivity contribution in [2.75, 3.05) is 13.1 Å². The lowest BCUT2D eigenvalue weighted by Crippen LogP contribution is -2.32. The van der Waals surface area contributed by atoms with Crippen molar-refractivity contribution in [2.24, 2.45) is 11.7 Å². The molecule has 1 aliphatic heterocycles. The van der Waals surface area contributed by atoms with Gasteiger partial charge in [-0.2, -0.15) is 4.31 Å². The van der Waals surface area contributed by atoms with Crippen molar-refractivity contribution >= 4 is 33.8 Å². The monoisotopic (exact) mass is 310 g/mol. The first kappa shape index (κ1) is 15.9. The van der Waals surface area contributed by atoms with E-state index in [2.05, 4.69) is 0 Å². The lowest BCUT2D eigenvalue weighted by atomic mass is 10.0. The zero-order chi connectivity index (χ0) is 12.6. The zero-order valence-electron chi connectivity index (χ0n) is 10.5. The molecule has 4 nitrogen and oxygen atoms in total. The van der Waals surface area contributed by atoms with Crippen molar-refractivity contribution in [3.05, 3.63) is 17.0 Å². The topological polar surface area (TPSA) is 63.4 Å². The van der Waals surface area contributed by atoms with Crippen LogP contribution < -0.4 is 5.73 Å². The summed E-state index contributed by atoms with van der Waals surface area (Å²) in [5, 5.41) is 0. The number of aryl methyl sites for hydroxylation is 1. The maximum absolute atomic E-state index is 12.3. The number of thiophene rings is 1. The summed E-state index contributed by atoms with van der Waals surface area (Å²) < 4.78 is 26.6. The zero-order valence-corrected chi connectivity index (χ0v) is 12.9. The number of sulfonamides is 1. The minimum absolute atomic E-state index is 0. The second-order valence-electron chi connectivity index (χ2n) is 4.64. The fourth-order valence-electron chi connectivity index (χ4n) is 2.08. The van der Waals surface area contributed by atoms with Gasteiger partial charge in [0.2, 0.25) is 0 Å². The van der Waals surface area contributed by atoms with E-state index in [0.717, 1.165) is 11.3 Å². The molecule has 0 saturated carbocycles. The molecule has 0 aliphatic carbocycles. The highest BCUT2D eigenvalue weighted by Gasteiger charge is 2.34. The van der Waals surface area contributed by atoms with E-state index in [1.165, 1.54) is 11.3 Å². The molecule has 1 fully saturated rings. The molecule has 1 aromatic heterocycles. The van der Waals surface area contributed by atoms with Crippen LogP contribution in [0.2, 0.25) is 0 Å². The third kappa shape index (κ3) is 3.05. The molecule has 0 aromatic carbocycles. The standard InChI is InChI=1S/C11H18N2O2S2.ClH/c1-8-3-4-11(16-8)17(14,15)13-6-5-10(7-13)9(2)12;/h3-4,9-10H,5-7,12H2,1-2H3;1H. The molecule has 2 heterocycles. The van der Waals surface area contributed by atoms with Crippen LogP contribution >= 0.6 is 23.7 Å². The molecule has 0 amide bonds. The molecule has 0 bridgehead atoms. The molecule has 1 saturated heterocycles. The van der Waals surface area contributed by atoms with Crippen LogP contribution in [0.25, 0.3) is 0 Å². The van der Waals surface area contributed by atoms with Crippen LogP contribution in [-0.2, 0) is 10.0 Å². The molecule has 104 valence electrons. The predicted octanol–water partition coefficient (Wildman–Crippen LogP) is 1.84. The molecular formula is C11H19ClN2O2S2. The number of hydrogen-bond acceptors (Lipinski definition) is 4. The summed E-state index contributed by atoms with van der Waals surface area (Å²) in [6.07, 6.45) is 0.862. The fraction of sp³-hybridized carbons (Fsp3) is 0.636. The van der Waals surface area contributed by atoms with Crippen molar-refractivity contribution in [3.8, 4) is 0 Å². The molecule has 18 heavy (non-hydrogen) atoms. The Kier molecular flexibility index (Phi) is 5.20. The lowest BCUT2D eigenvalue weighted by Gasteiger charge is -2.17. The summed E-state index contributed by atoms with van der Waals surface area (Å²) in [6, 6.07) is 3.59. The van der Waals surface area contributed by atoms with Gasteiger partial charge in [0, 0.05) is 24.0 Å². The van der Waals surface area contributed by atoms with Crippen molar-refractivity contribution in [3.63, 3.8) is 0 Å². The highest BCUT2D eigenvalue weighted by atomic mass is 35.5. The van der Waals surface area contributed by atoms with Gasteiger partial charge >= 0.3 is 0 Å². The normalized spacial score (nSPS) is 22.7. The van der Waals surface area contributed by atoms with E-state index in [9.17, 15) is 8.42 Å². The van der Waals surface area contributed by atoms with Crippen LogP contribution in [0.15, 0.2) is 16.3 Å². The Labute approximate surface area is 119 Å². The average molecular weight is 311 g/mol. The van der Waals surface area contributed by atoms with Crippen molar-refractivity contribution in [1.82, 2.24) is 4.31 Å². The Morgan fingerprint density at radius 1 is 1.50 bits per heavy atom. The molecule has 0 spiro atoms. The fourth-order valence-corrected chi connectivity index (χ4v) is 5.03. The Morgan fingerprint density at radius 2 is 2.17 bits per heavy atom. The van der Waals surface area contributed by atoms with Gasteiger partial charge in [-0.1, -0.05) is 0 Å². The van der Waals surface area contributed by atoms with Crippen LogP contribution in [0.5, 0.6) is 0 Å².